The highest BCUT2D eigenvalue weighted by Gasteiger charge is 2.35. The van der Waals surface area contributed by atoms with Crippen molar-refractivity contribution in [1.29, 1.82) is 0 Å². The topological polar surface area (TPSA) is 95.5 Å². The Kier molecular flexibility index (Phi) is 6.14. The lowest BCUT2D eigenvalue weighted by molar-refractivity contribution is -0.136. The summed E-state index contributed by atoms with van der Waals surface area (Å²) >= 11 is 5.57. The van der Waals surface area contributed by atoms with E-state index in [0.717, 1.165) is 24.3 Å². The van der Waals surface area contributed by atoms with Crippen LogP contribution in [0.25, 0.3) is 6.08 Å². The predicted molar refractivity (Wildman–Crippen MR) is 92.7 cm³/mol. The maximum atomic E-state index is 13.1. The highest BCUT2D eigenvalue weighted by atomic mass is 35.5. The molecule has 0 spiro atoms. The van der Waals surface area contributed by atoms with Crippen molar-refractivity contribution in [2.24, 2.45) is 0 Å². The first-order valence-electron chi connectivity index (χ1n) is 7.15. The Morgan fingerprint density at radius 2 is 1.85 bits per heavy atom. The van der Waals surface area contributed by atoms with Crippen LogP contribution in [0.2, 0.25) is 5.02 Å². The molecule has 0 aliphatic heterocycles. The molecule has 11 heteroatoms. The molecule has 0 unspecified atom stereocenters. The highest BCUT2D eigenvalue weighted by Crippen LogP contribution is 2.37. The number of carbonyl (C=O) groups excluding carboxylic acids is 1. The molecule has 0 aliphatic rings. The van der Waals surface area contributed by atoms with Gasteiger partial charge in [0, 0.05) is 11.1 Å². The molecule has 1 amide bonds. The van der Waals surface area contributed by atoms with Gasteiger partial charge in [-0.3, -0.25) is 14.7 Å². The number of hydroxylamine groups is 1. The summed E-state index contributed by atoms with van der Waals surface area (Å²) in [7, 11) is -4.35. The molecular weight excluding hydrogens is 409 g/mol. The van der Waals surface area contributed by atoms with E-state index in [0.29, 0.717) is 6.07 Å². The summed E-state index contributed by atoms with van der Waals surface area (Å²) in [5.41, 5.74) is -0.265. The predicted octanol–water partition coefficient (Wildman–Crippen LogP) is 3.68. The number of amides is 1. The van der Waals surface area contributed by atoms with Gasteiger partial charge in [0.1, 0.15) is 0 Å². The van der Waals surface area contributed by atoms with Crippen molar-refractivity contribution < 1.29 is 31.6 Å². The van der Waals surface area contributed by atoms with E-state index < -0.39 is 33.4 Å². The van der Waals surface area contributed by atoms with E-state index >= 15 is 0 Å². The SMILES string of the molecule is O=C(/C=C/c1cccc(S(=O)(=O)Nc2ccc(Cl)cc2C(F)(F)F)c1)NO. The minimum absolute atomic E-state index is 0.195. The molecule has 0 saturated carbocycles. The van der Waals surface area contributed by atoms with Gasteiger partial charge < -0.3 is 0 Å². The van der Waals surface area contributed by atoms with Crippen LogP contribution in [0.5, 0.6) is 0 Å². The average Bonchev–Trinajstić information content (AvgIpc) is 2.60. The zero-order valence-corrected chi connectivity index (χ0v) is 14.9. The molecule has 6 nitrogen and oxygen atoms in total. The monoisotopic (exact) mass is 420 g/mol. The smallest absolute Gasteiger partial charge is 0.288 e. The van der Waals surface area contributed by atoms with Gasteiger partial charge >= 0.3 is 6.18 Å². The molecule has 0 aliphatic carbocycles. The number of rotatable bonds is 5. The zero-order chi connectivity index (χ0) is 20.2. The molecule has 0 saturated heterocycles. The minimum Gasteiger partial charge on any atom is -0.288 e. The Balaban J connectivity index is 2.38. The number of sulfonamides is 1. The number of benzene rings is 2. The quantitative estimate of drug-likeness (QED) is 0.390. The number of anilines is 1. The van der Waals surface area contributed by atoms with Gasteiger partial charge in [-0.05, 0) is 42.0 Å². The van der Waals surface area contributed by atoms with Crippen LogP contribution in [0, 0.1) is 0 Å². The summed E-state index contributed by atoms with van der Waals surface area (Å²) in [4.78, 5) is 10.6. The summed E-state index contributed by atoms with van der Waals surface area (Å²) in [6, 6.07) is 7.79. The molecule has 0 bridgehead atoms. The zero-order valence-electron chi connectivity index (χ0n) is 13.3. The van der Waals surface area contributed by atoms with Gasteiger partial charge in [0.15, 0.2) is 0 Å². The van der Waals surface area contributed by atoms with Crippen molar-refractivity contribution in [3.63, 3.8) is 0 Å². The molecule has 3 N–H and O–H groups in total. The van der Waals surface area contributed by atoms with Crippen LogP contribution >= 0.6 is 11.6 Å². The van der Waals surface area contributed by atoms with Crippen molar-refractivity contribution >= 4 is 39.3 Å². The third kappa shape index (κ3) is 5.46. The van der Waals surface area contributed by atoms with Crippen LogP contribution in [0.1, 0.15) is 11.1 Å². The standard InChI is InChI=1S/C16H12ClF3N2O4S/c17-11-5-6-14(13(9-11)16(18,19)20)22-27(25,26)12-3-1-2-10(8-12)4-7-15(23)21-24/h1-9,22,24H,(H,21,23)/b7-4+. The van der Waals surface area contributed by atoms with Crippen molar-refractivity contribution in [2.45, 2.75) is 11.1 Å². The second-order valence-corrected chi connectivity index (χ2v) is 7.29. The van der Waals surface area contributed by atoms with Crippen LogP contribution in [-0.2, 0) is 21.0 Å². The van der Waals surface area contributed by atoms with Crippen LogP contribution in [0.15, 0.2) is 53.4 Å². The molecule has 27 heavy (non-hydrogen) atoms. The van der Waals surface area contributed by atoms with Gasteiger partial charge in [0.05, 0.1) is 16.1 Å². The van der Waals surface area contributed by atoms with Gasteiger partial charge in [-0.15, -0.1) is 0 Å². The summed E-state index contributed by atoms with van der Waals surface area (Å²) < 4.78 is 66.2. The van der Waals surface area contributed by atoms with E-state index in [1.807, 2.05) is 4.72 Å². The number of carbonyl (C=O) groups is 1. The summed E-state index contributed by atoms with van der Waals surface area (Å²) in [5, 5.41) is 8.22. The second kappa shape index (κ2) is 7.99. The van der Waals surface area contributed by atoms with Gasteiger partial charge in [0.2, 0.25) is 0 Å². The minimum atomic E-state index is -4.81. The Hall–Kier alpha value is -2.56. The van der Waals surface area contributed by atoms with Gasteiger partial charge in [-0.25, -0.2) is 13.9 Å². The number of hydrogen-bond acceptors (Lipinski definition) is 4. The third-order valence-corrected chi connectivity index (χ3v) is 4.84. The fraction of sp³-hybridized carbons (Fsp3) is 0.0625. The van der Waals surface area contributed by atoms with Gasteiger partial charge in [-0.2, -0.15) is 13.2 Å². The molecule has 0 radical (unpaired) electrons. The fourth-order valence-electron chi connectivity index (χ4n) is 2.04. The molecule has 0 heterocycles. The molecule has 0 fully saturated rings. The van der Waals surface area contributed by atoms with E-state index in [-0.39, 0.29) is 15.5 Å². The Morgan fingerprint density at radius 1 is 1.15 bits per heavy atom. The lowest BCUT2D eigenvalue weighted by Gasteiger charge is -2.15. The van der Waals surface area contributed by atoms with Crippen molar-refractivity contribution in [3.8, 4) is 0 Å². The van der Waals surface area contributed by atoms with Gasteiger partial charge in [-0.1, -0.05) is 23.7 Å². The van der Waals surface area contributed by atoms with Crippen LogP contribution < -0.4 is 10.2 Å². The maximum absolute atomic E-state index is 13.1. The molecule has 144 valence electrons. The lowest BCUT2D eigenvalue weighted by Crippen LogP contribution is -2.17. The van der Waals surface area contributed by atoms with Crippen LogP contribution in [0.4, 0.5) is 18.9 Å². The Labute approximate surface area is 157 Å². The number of hydrogen-bond donors (Lipinski definition) is 3. The summed E-state index contributed by atoms with van der Waals surface area (Å²) in [5.74, 6) is -0.836. The van der Waals surface area contributed by atoms with Crippen LogP contribution in [0.3, 0.4) is 0 Å². The summed E-state index contributed by atoms with van der Waals surface area (Å²) in [6.45, 7) is 0. The van der Waals surface area contributed by atoms with Crippen molar-refractivity contribution in [3.05, 3.63) is 64.7 Å². The van der Waals surface area contributed by atoms with E-state index in [2.05, 4.69) is 0 Å². The van der Waals surface area contributed by atoms with Crippen molar-refractivity contribution in [2.75, 3.05) is 4.72 Å². The fourth-order valence-corrected chi connectivity index (χ4v) is 3.34. The average molecular weight is 421 g/mol. The molecular formula is C16H12ClF3N2O4S. The van der Waals surface area contributed by atoms with Gasteiger partial charge in [0.25, 0.3) is 15.9 Å². The maximum Gasteiger partial charge on any atom is 0.418 e. The lowest BCUT2D eigenvalue weighted by atomic mass is 10.2. The van der Waals surface area contributed by atoms with E-state index in [1.54, 1.807) is 0 Å². The Bertz CT molecular complexity index is 991. The number of halogens is 4. The number of nitrogens with one attached hydrogen (secondary N) is 2. The normalized spacial score (nSPS) is 12.2. The third-order valence-electron chi connectivity index (χ3n) is 3.24. The molecule has 2 rings (SSSR count). The number of alkyl halides is 3. The molecule has 0 atom stereocenters. The largest absolute Gasteiger partial charge is 0.418 e. The van der Waals surface area contributed by atoms with E-state index in [9.17, 15) is 26.4 Å². The first-order chi connectivity index (χ1) is 12.5. The van der Waals surface area contributed by atoms with E-state index in [4.69, 9.17) is 16.8 Å². The highest BCUT2D eigenvalue weighted by molar-refractivity contribution is 7.92. The molecule has 2 aromatic carbocycles. The first-order valence-corrected chi connectivity index (χ1v) is 9.01. The summed E-state index contributed by atoms with van der Waals surface area (Å²) in [6.07, 6.45) is -2.65. The first kappa shape index (κ1) is 20.7. The Morgan fingerprint density at radius 3 is 2.48 bits per heavy atom. The molecule has 0 aromatic heterocycles. The molecule has 2 aromatic rings. The van der Waals surface area contributed by atoms with Crippen molar-refractivity contribution in [1.82, 2.24) is 5.48 Å². The second-order valence-electron chi connectivity index (χ2n) is 5.18. The van der Waals surface area contributed by atoms with Crippen LogP contribution in [-0.4, -0.2) is 19.5 Å². The van der Waals surface area contributed by atoms with E-state index in [1.165, 1.54) is 29.8 Å².